The number of nitrogens with zero attached hydrogens (tertiary/aromatic N) is 2. The molecule has 2 aliphatic rings. The lowest BCUT2D eigenvalue weighted by Gasteiger charge is -2.45. The molecule has 3 rings (SSSR count). The van der Waals surface area contributed by atoms with Crippen molar-refractivity contribution in [3.8, 4) is 0 Å². The SMILES string of the molecule is Cc1ccc2c(c1)N(C)C1(CCCCC1)N2C. The minimum absolute atomic E-state index is 0.258. The Hall–Kier alpha value is -1.18. The average Bonchev–Trinajstić information content (AvgIpc) is 2.54. The van der Waals surface area contributed by atoms with Crippen LogP contribution in [0.15, 0.2) is 18.2 Å². The first-order chi connectivity index (χ1) is 8.15. The molecule has 2 nitrogen and oxygen atoms in total. The summed E-state index contributed by atoms with van der Waals surface area (Å²) < 4.78 is 0. The summed E-state index contributed by atoms with van der Waals surface area (Å²) in [5, 5.41) is 0. The van der Waals surface area contributed by atoms with Crippen molar-refractivity contribution >= 4 is 11.4 Å². The van der Waals surface area contributed by atoms with Gasteiger partial charge in [0.1, 0.15) is 5.66 Å². The summed E-state index contributed by atoms with van der Waals surface area (Å²) in [7, 11) is 4.54. The first-order valence-corrected chi connectivity index (χ1v) is 6.73. The molecule has 1 saturated carbocycles. The van der Waals surface area contributed by atoms with Crippen LogP contribution in [0.3, 0.4) is 0 Å². The summed E-state index contributed by atoms with van der Waals surface area (Å²) in [6.45, 7) is 2.18. The third-order valence-electron chi connectivity index (χ3n) is 4.76. The van der Waals surface area contributed by atoms with Crippen LogP contribution in [0, 0.1) is 6.92 Å². The molecule has 17 heavy (non-hydrogen) atoms. The predicted molar refractivity (Wildman–Crippen MR) is 73.8 cm³/mol. The van der Waals surface area contributed by atoms with Gasteiger partial charge in [0.15, 0.2) is 0 Å². The highest BCUT2D eigenvalue weighted by molar-refractivity contribution is 5.79. The van der Waals surface area contributed by atoms with Crippen LogP contribution in [-0.4, -0.2) is 19.8 Å². The zero-order valence-electron chi connectivity index (χ0n) is 11.2. The van der Waals surface area contributed by atoms with E-state index in [1.165, 1.54) is 49.0 Å². The molecule has 1 aromatic carbocycles. The molecule has 0 saturated heterocycles. The highest BCUT2D eigenvalue weighted by Crippen LogP contribution is 2.49. The van der Waals surface area contributed by atoms with Crippen LogP contribution in [0.5, 0.6) is 0 Å². The van der Waals surface area contributed by atoms with Crippen LogP contribution in [0.2, 0.25) is 0 Å². The second-order valence-corrected chi connectivity index (χ2v) is 5.65. The first kappa shape index (κ1) is 10.9. The van der Waals surface area contributed by atoms with Crippen LogP contribution >= 0.6 is 0 Å². The van der Waals surface area contributed by atoms with Gasteiger partial charge in [-0.15, -0.1) is 0 Å². The van der Waals surface area contributed by atoms with Gasteiger partial charge in [0, 0.05) is 14.1 Å². The Morgan fingerprint density at radius 2 is 1.59 bits per heavy atom. The molecular weight excluding hydrogens is 208 g/mol. The molecule has 0 atom stereocenters. The van der Waals surface area contributed by atoms with Gasteiger partial charge in [-0.05, 0) is 50.3 Å². The lowest BCUT2D eigenvalue weighted by atomic mass is 9.87. The zero-order valence-corrected chi connectivity index (χ0v) is 11.2. The molecule has 2 heteroatoms. The van der Waals surface area contributed by atoms with Crippen molar-refractivity contribution in [1.29, 1.82) is 0 Å². The molecule has 0 radical (unpaired) electrons. The van der Waals surface area contributed by atoms with E-state index in [1.807, 2.05) is 0 Å². The molecule has 1 aliphatic heterocycles. The van der Waals surface area contributed by atoms with Gasteiger partial charge in [0.05, 0.1) is 11.4 Å². The van der Waals surface area contributed by atoms with E-state index in [0.29, 0.717) is 0 Å². The normalized spacial score (nSPS) is 22.1. The molecule has 1 aromatic rings. The summed E-state index contributed by atoms with van der Waals surface area (Å²) in [6.07, 6.45) is 6.73. The maximum absolute atomic E-state index is 2.52. The Morgan fingerprint density at radius 1 is 0.941 bits per heavy atom. The van der Waals surface area contributed by atoms with Crippen molar-refractivity contribution in [3.05, 3.63) is 23.8 Å². The summed E-state index contributed by atoms with van der Waals surface area (Å²) >= 11 is 0. The van der Waals surface area contributed by atoms with E-state index in [1.54, 1.807) is 0 Å². The Labute approximate surface area is 104 Å². The molecule has 0 unspecified atom stereocenters. The van der Waals surface area contributed by atoms with Gasteiger partial charge in [-0.3, -0.25) is 0 Å². The van der Waals surface area contributed by atoms with E-state index in [-0.39, 0.29) is 5.66 Å². The fraction of sp³-hybridized carbons (Fsp3) is 0.600. The number of hydrogen-bond acceptors (Lipinski definition) is 2. The van der Waals surface area contributed by atoms with E-state index < -0.39 is 0 Å². The van der Waals surface area contributed by atoms with E-state index in [2.05, 4.69) is 49.0 Å². The zero-order chi connectivity index (χ0) is 12.0. The lowest BCUT2D eigenvalue weighted by Crippen LogP contribution is -2.55. The van der Waals surface area contributed by atoms with E-state index in [0.717, 1.165) is 0 Å². The van der Waals surface area contributed by atoms with Crippen molar-refractivity contribution in [2.24, 2.45) is 0 Å². The third-order valence-corrected chi connectivity index (χ3v) is 4.76. The quantitative estimate of drug-likeness (QED) is 0.672. The maximum atomic E-state index is 2.52. The van der Waals surface area contributed by atoms with Gasteiger partial charge in [0.25, 0.3) is 0 Å². The molecule has 1 heterocycles. The van der Waals surface area contributed by atoms with Crippen molar-refractivity contribution in [3.63, 3.8) is 0 Å². The van der Waals surface area contributed by atoms with E-state index in [4.69, 9.17) is 0 Å². The molecule has 0 aromatic heterocycles. The van der Waals surface area contributed by atoms with Crippen LogP contribution in [-0.2, 0) is 0 Å². The number of fused-ring (bicyclic) bond motifs is 1. The van der Waals surface area contributed by atoms with Crippen LogP contribution in [0.25, 0.3) is 0 Å². The molecule has 0 bridgehead atoms. The minimum atomic E-state index is 0.258. The third kappa shape index (κ3) is 1.39. The number of benzene rings is 1. The minimum Gasteiger partial charge on any atom is -0.350 e. The van der Waals surface area contributed by atoms with Gasteiger partial charge >= 0.3 is 0 Å². The van der Waals surface area contributed by atoms with Crippen molar-refractivity contribution in [1.82, 2.24) is 0 Å². The van der Waals surface area contributed by atoms with Gasteiger partial charge in [-0.1, -0.05) is 12.5 Å². The van der Waals surface area contributed by atoms with Gasteiger partial charge in [-0.25, -0.2) is 0 Å². The average molecular weight is 230 g/mol. The van der Waals surface area contributed by atoms with Crippen LogP contribution < -0.4 is 9.80 Å². The van der Waals surface area contributed by atoms with Gasteiger partial charge in [0.2, 0.25) is 0 Å². The second kappa shape index (κ2) is 3.66. The van der Waals surface area contributed by atoms with Crippen LogP contribution in [0.4, 0.5) is 11.4 Å². The number of hydrogen-bond donors (Lipinski definition) is 0. The Kier molecular flexibility index (Phi) is 2.35. The molecule has 92 valence electrons. The van der Waals surface area contributed by atoms with Crippen LogP contribution in [0.1, 0.15) is 37.7 Å². The molecule has 1 fully saturated rings. The Morgan fingerprint density at radius 3 is 2.29 bits per heavy atom. The fourth-order valence-electron chi connectivity index (χ4n) is 3.65. The fourth-order valence-corrected chi connectivity index (χ4v) is 3.65. The topological polar surface area (TPSA) is 6.48 Å². The molecule has 0 amide bonds. The van der Waals surface area contributed by atoms with Crippen molar-refractivity contribution in [2.75, 3.05) is 23.9 Å². The van der Waals surface area contributed by atoms with E-state index in [9.17, 15) is 0 Å². The standard InChI is InChI=1S/C15H22N2/c1-12-7-8-13-14(11-12)17(3)15(16(13)2)9-5-4-6-10-15/h7-8,11H,4-6,9-10H2,1-3H3. The Balaban J connectivity index is 2.07. The van der Waals surface area contributed by atoms with E-state index >= 15 is 0 Å². The summed E-state index contributed by atoms with van der Waals surface area (Å²) in [5.41, 5.74) is 4.43. The molecule has 1 spiro atoms. The lowest BCUT2D eigenvalue weighted by molar-refractivity contribution is 0.293. The Bertz CT molecular complexity index is 433. The van der Waals surface area contributed by atoms with Gasteiger partial charge < -0.3 is 9.80 Å². The summed E-state index contributed by atoms with van der Waals surface area (Å²) in [6, 6.07) is 6.84. The van der Waals surface area contributed by atoms with Crippen molar-refractivity contribution in [2.45, 2.75) is 44.7 Å². The van der Waals surface area contributed by atoms with Crippen molar-refractivity contribution < 1.29 is 0 Å². The molecule has 1 aliphatic carbocycles. The number of rotatable bonds is 0. The largest absolute Gasteiger partial charge is 0.350 e. The predicted octanol–water partition coefficient (Wildman–Crippen LogP) is 3.54. The molecular formula is C15H22N2. The summed E-state index contributed by atoms with van der Waals surface area (Å²) in [4.78, 5) is 5.04. The highest BCUT2D eigenvalue weighted by atomic mass is 15.4. The number of anilines is 2. The number of aryl methyl sites for hydroxylation is 1. The van der Waals surface area contributed by atoms with Gasteiger partial charge in [-0.2, -0.15) is 0 Å². The maximum Gasteiger partial charge on any atom is 0.112 e. The smallest absolute Gasteiger partial charge is 0.112 e. The summed E-state index contributed by atoms with van der Waals surface area (Å²) in [5.74, 6) is 0. The first-order valence-electron chi connectivity index (χ1n) is 6.73. The monoisotopic (exact) mass is 230 g/mol. The molecule has 0 N–H and O–H groups in total. The second-order valence-electron chi connectivity index (χ2n) is 5.65. The highest BCUT2D eigenvalue weighted by Gasteiger charge is 2.46.